The summed E-state index contributed by atoms with van der Waals surface area (Å²) in [5, 5.41) is 19.6. The molecular weight excluding hydrogens is 414 g/mol. The van der Waals surface area contributed by atoms with Crippen molar-refractivity contribution in [1.82, 2.24) is 19.6 Å². The second-order valence-electron chi connectivity index (χ2n) is 6.85. The second kappa shape index (κ2) is 8.64. The summed E-state index contributed by atoms with van der Waals surface area (Å²) in [5.74, 6) is -0.918. The molecule has 4 rings (SSSR count). The molecule has 0 fully saturated rings. The van der Waals surface area contributed by atoms with Crippen LogP contribution in [0, 0.1) is 17.0 Å². The summed E-state index contributed by atoms with van der Waals surface area (Å²) in [4.78, 5) is 35.7. The largest absolute Gasteiger partial charge is 0.456 e. The standard InChI is InChI=1S/C22H17N5O5/c1-15-13-20(28)21(24-26(15)18-5-2-3-6-19(18)27(30)31)22(29)32-14-16-7-9-17(10-8-16)25-12-4-11-23-25/h2-13H,14H2,1H3. The number of esters is 1. The highest BCUT2D eigenvalue weighted by Gasteiger charge is 2.21. The zero-order valence-electron chi connectivity index (χ0n) is 16.9. The van der Waals surface area contributed by atoms with Gasteiger partial charge in [0.1, 0.15) is 12.3 Å². The molecule has 2 heterocycles. The average molecular weight is 431 g/mol. The molecule has 4 aromatic rings. The summed E-state index contributed by atoms with van der Waals surface area (Å²) < 4.78 is 8.14. The van der Waals surface area contributed by atoms with Crippen molar-refractivity contribution in [2.24, 2.45) is 0 Å². The fourth-order valence-corrected chi connectivity index (χ4v) is 3.11. The summed E-state index contributed by atoms with van der Waals surface area (Å²) in [6.45, 7) is 1.50. The van der Waals surface area contributed by atoms with Crippen LogP contribution in [0.25, 0.3) is 11.4 Å². The lowest BCUT2D eigenvalue weighted by molar-refractivity contribution is -0.384. The molecule has 0 amide bonds. The lowest BCUT2D eigenvalue weighted by Gasteiger charge is -2.11. The number of aryl methyl sites for hydroxylation is 1. The molecule has 0 radical (unpaired) electrons. The van der Waals surface area contributed by atoms with E-state index in [2.05, 4.69) is 10.2 Å². The smallest absolute Gasteiger partial charge is 0.363 e. The third kappa shape index (κ3) is 4.15. The Bertz CT molecular complexity index is 1340. The highest BCUT2D eigenvalue weighted by Crippen LogP contribution is 2.22. The maximum Gasteiger partial charge on any atom is 0.363 e. The van der Waals surface area contributed by atoms with Crippen LogP contribution in [0.2, 0.25) is 0 Å². The van der Waals surface area contributed by atoms with Crippen molar-refractivity contribution in [3.8, 4) is 11.4 Å². The van der Waals surface area contributed by atoms with E-state index in [-0.39, 0.29) is 18.0 Å². The Kier molecular flexibility index (Phi) is 5.58. The van der Waals surface area contributed by atoms with E-state index in [1.165, 1.54) is 28.9 Å². The van der Waals surface area contributed by atoms with E-state index in [4.69, 9.17) is 4.74 Å². The summed E-state index contributed by atoms with van der Waals surface area (Å²) in [5.41, 5.74) is 0.743. The number of carbonyl (C=O) groups is 1. The van der Waals surface area contributed by atoms with Gasteiger partial charge in [0.2, 0.25) is 11.1 Å². The molecule has 2 aromatic carbocycles. The third-order valence-corrected chi connectivity index (χ3v) is 4.68. The second-order valence-corrected chi connectivity index (χ2v) is 6.85. The van der Waals surface area contributed by atoms with Gasteiger partial charge in [-0.25, -0.2) is 14.2 Å². The van der Waals surface area contributed by atoms with E-state index in [0.29, 0.717) is 11.3 Å². The fraction of sp³-hybridized carbons (Fsp3) is 0.0909. The fourth-order valence-electron chi connectivity index (χ4n) is 3.11. The maximum atomic E-state index is 12.6. The third-order valence-electron chi connectivity index (χ3n) is 4.68. The number of nitro benzene ring substituents is 1. The van der Waals surface area contributed by atoms with Gasteiger partial charge in [0.15, 0.2) is 0 Å². The lowest BCUT2D eigenvalue weighted by atomic mass is 10.2. The van der Waals surface area contributed by atoms with Crippen LogP contribution in [-0.2, 0) is 11.3 Å². The van der Waals surface area contributed by atoms with Crippen LogP contribution in [0.1, 0.15) is 21.7 Å². The Balaban J connectivity index is 1.56. The first-order chi connectivity index (χ1) is 15.4. The number of benzene rings is 2. The van der Waals surface area contributed by atoms with Crippen molar-refractivity contribution in [2.45, 2.75) is 13.5 Å². The van der Waals surface area contributed by atoms with Gasteiger partial charge < -0.3 is 4.74 Å². The predicted octanol–water partition coefficient (Wildman–Crippen LogP) is 2.99. The number of aromatic nitrogens is 4. The van der Waals surface area contributed by atoms with Crippen LogP contribution >= 0.6 is 0 Å². The molecule has 0 N–H and O–H groups in total. The first-order valence-corrected chi connectivity index (χ1v) is 9.55. The van der Waals surface area contributed by atoms with Crippen LogP contribution in [0.5, 0.6) is 0 Å². The number of ether oxygens (including phenoxy) is 1. The molecule has 0 aliphatic rings. The predicted molar refractivity (Wildman–Crippen MR) is 114 cm³/mol. The van der Waals surface area contributed by atoms with Crippen LogP contribution in [-0.4, -0.2) is 30.5 Å². The molecular formula is C22H17N5O5. The molecule has 0 saturated heterocycles. The highest BCUT2D eigenvalue weighted by molar-refractivity contribution is 5.87. The molecule has 0 aliphatic heterocycles. The topological polar surface area (TPSA) is 122 Å². The van der Waals surface area contributed by atoms with Gasteiger partial charge in [0, 0.05) is 30.2 Å². The molecule has 0 unspecified atom stereocenters. The molecule has 32 heavy (non-hydrogen) atoms. The molecule has 0 saturated carbocycles. The van der Waals surface area contributed by atoms with Crippen LogP contribution < -0.4 is 5.43 Å². The van der Waals surface area contributed by atoms with Crippen molar-refractivity contribution in [3.05, 3.63) is 110 Å². The van der Waals surface area contributed by atoms with Crippen molar-refractivity contribution < 1.29 is 14.5 Å². The average Bonchev–Trinajstić information content (AvgIpc) is 3.33. The molecule has 160 valence electrons. The summed E-state index contributed by atoms with van der Waals surface area (Å²) in [6, 6.07) is 16.1. The van der Waals surface area contributed by atoms with Crippen LogP contribution in [0.3, 0.4) is 0 Å². The van der Waals surface area contributed by atoms with E-state index in [0.717, 1.165) is 5.69 Å². The molecule has 0 bridgehead atoms. The Hall–Kier alpha value is -4.60. The number of nitrogens with zero attached hydrogens (tertiary/aromatic N) is 5. The van der Waals surface area contributed by atoms with Gasteiger partial charge in [-0.15, -0.1) is 0 Å². The first-order valence-electron chi connectivity index (χ1n) is 9.55. The van der Waals surface area contributed by atoms with E-state index >= 15 is 0 Å². The molecule has 0 atom stereocenters. The Morgan fingerprint density at radius 2 is 1.88 bits per heavy atom. The number of rotatable bonds is 6. The minimum Gasteiger partial charge on any atom is -0.456 e. The Morgan fingerprint density at radius 1 is 1.12 bits per heavy atom. The van der Waals surface area contributed by atoms with Crippen molar-refractivity contribution in [1.29, 1.82) is 0 Å². The SMILES string of the molecule is Cc1cc(=O)c(C(=O)OCc2ccc(-n3cccn3)cc2)nn1-c1ccccc1[N+](=O)[O-]. The van der Waals surface area contributed by atoms with Crippen molar-refractivity contribution >= 4 is 11.7 Å². The van der Waals surface area contributed by atoms with E-state index < -0.39 is 22.0 Å². The molecule has 0 spiro atoms. The van der Waals surface area contributed by atoms with Gasteiger partial charge >= 0.3 is 5.97 Å². The van der Waals surface area contributed by atoms with Crippen molar-refractivity contribution in [2.75, 3.05) is 0 Å². The monoisotopic (exact) mass is 431 g/mol. The first kappa shape index (κ1) is 20.7. The summed E-state index contributed by atoms with van der Waals surface area (Å²) in [7, 11) is 0. The molecule has 10 heteroatoms. The molecule has 2 aromatic heterocycles. The Labute approximate surface area is 181 Å². The van der Waals surface area contributed by atoms with E-state index in [1.807, 2.05) is 12.1 Å². The van der Waals surface area contributed by atoms with Gasteiger partial charge in [-0.2, -0.15) is 10.2 Å². The number of nitro groups is 1. The van der Waals surface area contributed by atoms with Gasteiger partial charge in [0.25, 0.3) is 5.69 Å². The molecule has 10 nitrogen and oxygen atoms in total. The minimum atomic E-state index is -0.918. The summed E-state index contributed by atoms with van der Waals surface area (Å²) in [6.07, 6.45) is 3.47. The van der Waals surface area contributed by atoms with Crippen LogP contribution in [0.4, 0.5) is 5.69 Å². The molecule has 0 aliphatic carbocycles. The minimum absolute atomic E-state index is 0.0707. The van der Waals surface area contributed by atoms with E-state index in [9.17, 15) is 19.7 Å². The van der Waals surface area contributed by atoms with Crippen LogP contribution in [0.15, 0.2) is 77.9 Å². The van der Waals surface area contributed by atoms with Gasteiger partial charge in [0.05, 0.1) is 10.6 Å². The Morgan fingerprint density at radius 3 is 2.56 bits per heavy atom. The quantitative estimate of drug-likeness (QED) is 0.261. The zero-order chi connectivity index (χ0) is 22.7. The van der Waals surface area contributed by atoms with Gasteiger partial charge in [-0.3, -0.25) is 14.9 Å². The van der Waals surface area contributed by atoms with Gasteiger partial charge in [-0.05, 0) is 36.8 Å². The highest BCUT2D eigenvalue weighted by atomic mass is 16.6. The number of hydrogen-bond acceptors (Lipinski definition) is 7. The van der Waals surface area contributed by atoms with Crippen molar-refractivity contribution in [3.63, 3.8) is 0 Å². The lowest BCUT2D eigenvalue weighted by Crippen LogP contribution is -2.24. The zero-order valence-corrected chi connectivity index (χ0v) is 16.9. The number of carbonyl (C=O) groups excluding carboxylic acids is 1. The van der Waals surface area contributed by atoms with E-state index in [1.54, 1.807) is 48.3 Å². The van der Waals surface area contributed by atoms with Gasteiger partial charge in [-0.1, -0.05) is 24.3 Å². The number of para-hydroxylation sites is 2. The maximum absolute atomic E-state index is 12.6. The normalized spacial score (nSPS) is 10.7. The summed E-state index contributed by atoms with van der Waals surface area (Å²) >= 11 is 0. The number of hydrogen-bond donors (Lipinski definition) is 0.